The normalized spacial score (nSPS) is 20.9. The molecule has 1 fully saturated rings. The molecule has 1 N–H and O–H groups in total. The lowest BCUT2D eigenvalue weighted by Gasteiger charge is -2.28. The van der Waals surface area contributed by atoms with E-state index < -0.39 is 5.92 Å². The molecule has 0 radical (unpaired) electrons. The van der Waals surface area contributed by atoms with Crippen LogP contribution in [0.15, 0.2) is 24.4 Å². The van der Waals surface area contributed by atoms with Gasteiger partial charge in [0.25, 0.3) is 0 Å². The third-order valence-corrected chi connectivity index (χ3v) is 3.02. The van der Waals surface area contributed by atoms with E-state index in [0.717, 1.165) is 5.69 Å². The summed E-state index contributed by atoms with van der Waals surface area (Å²) in [5, 5.41) is 3.28. The van der Waals surface area contributed by atoms with Crippen LogP contribution in [0.4, 0.5) is 8.78 Å². The number of nitrogens with zero attached hydrogens (tertiary/aromatic N) is 1. The summed E-state index contributed by atoms with van der Waals surface area (Å²) in [6.45, 7) is 0.664. The van der Waals surface area contributed by atoms with Crippen LogP contribution in [0.2, 0.25) is 0 Å². The number of aromatic nitrogens is 1. The molecule has 0 aliphatic heterocycles. The number of hydrogen-bond donors (Lipinski definition) is 1. The van der Waals surface area contributed by atoms with Crippen molar-refractivity contribution in [2.45, 2.75) is 44.2 Å². The van der Waals surface area contributed by atoms with Crippen molar-refractivity contribution in [2.75, 3.05) is 0 Å². The van der Waals surface area contributed by atoms with Crippen molar-refractivity contribution in [1.82, 2.24) is 10.3 Å². The Bertz CT molecular complexity index is 317. The Hall–Kier alpha value is -1.03. The highest BCUT2D eigenvalue weighted by atomic mass is 19.3. The minimum atomic E-state index is -2.44. The van der Waals surface area contributed by atoms with Gasteiger partial charge in [-0.3, -0.25) is 4.98 Å². The Balaban J connectivity index is 1.76. The fourth-order valence-corrected chi connectivity index (χ4v) is 2.00. The van der Waals surface area contributed by atoms with E-state index >= 15 is 0 Å². The zero-order valence-corrected chi connectivity index (χ0v) is 9.13. The number of pyridine rings is 1. The lowest BCUT2D eigenvalue weighted by atomic mass is 9.92. The molecule has 2 rings (SSSR count). The summed E-state index contributed by atoms with van der Waals surface area (Å²) in [7, 11) is 0. The van der Waals surface area contributed by atoms with Crippen molar-refractivity contribution in [3.05, 3.63) is 30.1 Å². The average Bonchev–Trinajstić information content (AvgIpc) is 2.29. The molecule has 16 heavy (non-hydrogen) atoms. The molecule has 0 aromatic carbocycles. The lowest BCUT2D eigenvalue weighted by molar-refractivity contribution is -0.0405. The SMILES string of the molecule is FC1(F)CCC(NCc2ccccn2)CC1. The van der Waals surface area contributed by atoms with Gasteiger partial charge in [-0.1, -0.05) is 6.07 Å². The van der Waals surface area contributed by atoms with Gasteiger partial charge in [0.05, 0.1) is 5.69 Å². The number of alkyl halides is 2. The van der Waals surface area contributed by atoms with Crippen LogP contribution in [0.5, 0.6) is 0 Å². The average molecular weight is 226 g/mol. The summed E-state index contributed by atoms with van der Waals surface area (Å²) < 4.78 is 25.8. The number of nitrogens with one attached hydrogen (secondary N) is 1. The molecule has 0 spiro atoms. The van der Waals surface area contributed by atoms with E-state index in [9.17, 15) is 8.78 Å². The molecule has 0 atom stereocenters. The molecule has 1 aromatic rings. The van der Waals surface area contributed by atoms with E-state index in [0.29, 0.717) is 19.4 Å². The topological polar surface area (TPSA) is 24.9 Å². The van der Waals surface area contributed by atoms with Crippen molar-refractivity contribution >= 4 is 0 Å². The van der Waals surface area contributed by atoms with Crippen LogP contribution in [0.3, 0.4) is 0 Å². The van der Waals surface area contributed by atoms with E-state index in [4.69, 9.17) is 0 Å². The first-order valence-electron chi connectivity index (χ1n) is 5.67. The molecule has 2 nitrogen and oxygen atoms in total. The second-order valence-corrected chi connectivity index (χ2v) is 4.33. The van der Waals surface area contributed by atoms with Gasteiger partial charge in [0.15, 0.2) is 0 Å². The van der Waals surface area contributed by atoms with Crippen LogP contribution in [0, 0.1) is 0 Å². The summed E-state index contributed by atoms with van der Waals surface area (Å²) in [4.78, 5) is 4.18. The maximum absolute atomic E-state index is 12.9. The quantitative estimate of drug-likeness (QED) is 0.857. The van der Waals surface area contributed by atoms with Crippen LogP contribution in [-0.2, 0) is 6.54 Å². The van der Waals surface area contributed by atoms with Crippen LogP contribution < -0.4 is 5.32 Å². The zero-order valence-electron chi connectivity index (χ0n) is 9.13. The van der Waals surface area contributed by atoms with Gasteiger partial charge in [-0.25, -0.2) is 8.78 Å². The van der Waals surface area contributed by atoms with Crippen LogP contribution in [0.1, 0.15) is 31.4 Å². The maximum atomic E-state index is 12.9. The van der Waals surface area contributed by atoms with Crippen molar-refractivity contribution < 1.29 is 8.78 Å². The van der Waals surface area contributed by atoms with Gasteiger partial charge < -0.3 is 5.32 Å². The summed E-state index contributed by atoms with van der Waals surface area (Å²) in [5.41, 5.74) is 0.958. The molecule has 0 saturated heterocycles. The molecule has 1 aromatic heterocycles. The van der Waals surface area contributed by atoms with Gasteiger partial charge in [0.2, 0.25) is 5.92 Å². The van der Waals surface area contributed by atoms with E-state index in [2.05, 4.69) is 10.3 Å². The van der Waals surface area contributed by atoms with Crippen LogP contribution >= 0.6 is 0 Å². The van der Waals surface area contributed by atoms with Crippen LogP contribution in [0.25, 0.3) is 0 Å². The first-order valence-corrected chi connectivity index (χ1v) is 5.67. The summed E-state index contributed by atoms with van der Waals surface area (Å²) in [6, 6.07) is 5.94. The molecule has 1 heterocycles. The molecule has 88 valence electrons. The predicted octanol–water partition coefficient (Wildman–Crippen LogP) is 2.75. The number of rotatable bonds is 3. The molecule has 4 heteroatoms. The Morgan fingerprint density at radius 2 is 2.06 bits per heavy atom. The van der Waals surface area contributed by atoms with Gasteiger partial charge in [-0.2, -0.15) is 0 Å². The van der Waals surface area contributed by atoms with E-state index in [1.165, 1.54) is 0 Å². The standard InChI is InChI=1S/C12H16F2N2/c13-12(14)6-4-10(5-7-12)16-9-11-3-1-2-8-15-11/h1-3,8,10,16H,4-7,9H2. The van der Waals surface area contributed by atoms with E-state index in [1.54, 1.807) is 6.20 Å². The molecular weight excluding hydrogens is 210 g/mol. The summed E-state index contributed by atoms with van der Waals surface area (Å²) >= 11 is 0. The Morgan fingerprint density at radius 1 is 1.31 bits per heavy atom. The number of halogens is 2. The minimum Gasteiger partial charge on any atom is -0.308 e. The molecule has 0 amide bonds. The summed E-state index contributed by atoms with van der Waals surface area (Å²) in [6.07, 6.45) is 2.87. The summed E-state index contributed by atoms with van der Waals surface area (Å²) in [5.74, 6) is -2.44. The van der Waals surface area contributed by atoms with Gasteiger partial charge in [-0.05, 0) is 25.0 Å². The first kappa shape index (κ1) is 11.5. The lowest BCUT2D eigenvalue weighted by Crippen LogP contribution is -2.36. The van der Waals surface area contributed by atoms with Crippen LogP contribution in [-0.4, -0.2) is 16.9 Å². The highest BCUT2D eigenvalue weighted by Crippen LogP contribution is 2.32. The van der Waals surface area contributed by atoms with Gasteiger partial charge in [-0.15, -0.1) is 0 Å². The molecule has 1 aliphatic carbocycles. The smallest absolute Gasteiger partial charge is 0.248 e. The molecule has 1 saturated carbocycles. The van der Waals surface area contributed by atoms with Gasteiger partial charge in [0, 0.05) is 31.6 Å². The minimum absolute atomic E-state index is 0.00683. The molecule has 0 bridgehead atoms. The van der Waals surface area contributed by atoms with Gasteiger partial charge >= 0.3 is 0 Å². The first-order chi connectivity index (χ1) is 7.66. The van der Waals surface area contributed by atoms with E-state index in [1.807, 2.05) is 18.2 Å². The Morgan fingerprint density at radius 3 is 2.69 bits per heavy atom. The molecular formula is C12H16F2N2. The maximum Gasteiger partial charge on any atom is 0.248 e. The Labute approximate surface area is 94.1 Å². The van der Waals surface area contributed by atoms with Crippen molar-refractivity contribution in [1.29, 1.82) is 0 Å². The van der Waals surface area contributed by atoms with E-state index in [-0.39, 0.29) is 18.9 Å². The molecule has 0 unspecified atom stereocenters. The Kier molecular flexibility index (Phi) is 3.49. The van der Waals surface area contributed by atoms with Gasteiger partial charge in [0.1, 0.15) is 0 Å². The van der Waals surface area contributed by atoms with Crippen molar-refractivity contribution in [2.24, 2.45) is 0 Å². The highest BCUT2D eigenvalue weighted by Gasteiger charge is 2.34. The largest absolute Gasteiger partial charge is 0.308 e. The second-order valence-electron chi connectivity index (χ2n) is 4.33. The monoisotopic (exact) mass is 226 g/mol. The third kappa shape index (κ3) is 3.23. The fraction of sp³-hybridized carbons (Fsp3) is 0.583. The third-order valence-electron chi connectivity index (χ3n) is 3.02. The van der Waals surface area contributed by atoms with Crippen molar-refractivity contribution in [3.8, 4) is 0 Å². The molecule has 1 aliphatic rings. The zero-order chi connectivity index (χ0) is 11.4. The second kappa shape index (κ2) is 4.87. The predicted molar refractivity (Wildman–Crippen MR) is 58.3 cm³/mol. The fourth-order valence-electron chi connectivity index (χ4n) is 2.00. The number of hydrogen-bond acceptors (Lipinski definition) is 2. The van der Waals surface area contributed by atoms with Crippen molar-refractivity contribution in [3.63, 3.8) is 0 Å². The highest BCUT2D eigenvalue weighted by molar-refractivity contribution is 5.03.